The number of carbonyl (C=O) groups is 1. The fourth-order valence-corrected chi connectivity index (χ4v) is 2.35. The Bertz CT molecular complexity index is 405. The van der Waals surface area contributed by atoms with Gasteiger partial charge in [0.2, 0.25) is 5.91 Å². The second-order valence-corrected chi connectivity index (χ2v) is 5.28. The van der Waals surface area contributed by atoms with Gasteiger partial charge in [0.05, 0.1) is 12.9 Å². The van der Waals surface area contributed by atoms with E-state index >= 15 is 0 Å². The lowest BCUT2D eigenvalue weighted by Crippen LogP contribution is -2.39. The van der Waals surface area contributed by atoms with E-state index in [0.717, 1.165) is 17.2 Å². The molecular formula is C14H23ClN2O2S. The Morgan fingerprint density at radius 2 is 2.20 bits per heavy atom. The lowest BCUT2D eigenvalue weighted by atomic mass is 10.3. The second kappa shape index (κ2) is 10.8. The number of nitrogens with one attached hydrogen (secondary N) is 2. The molecular weight excluding hydrogens is 296 g/mol. The number of benzene rings is 1. The summed E-state index contributed by atoms with van der Waals surface area (Å²) in [5, 5.41) is 6.16. The summed E-state index contributed by atoms with van der Waals surface area (Å²) in [5.74, 6) is 1.29. The molecule has 0 heterocycles. The first-order chi connectivity index (χ1) is 9.15. The van der Waals surface area contributed by atoms with Crippen molar-refractivity contribution in [1.29, 1.82) is 0 Å². The van der Waals surface area contributed by atoms with Crippen molar-refractivity contribution in [1.82, 2.24) is 10.6 Å². The summed E-state index contributed by atoms with van der Waals surface area (Å²) in [6.45, 7) is 5.68. The molecule has 0 saturated heterocycles. The second-order valence-electron chi connectivity index (χ2n) is 4.23. The van der Waals surface area contributed by atoms with E-state index in [1.165, 1.54) is 11.8 Å². The Labute approximate surface area is 131 Å². The van der Waals surface area contributed by atoms with Crippen LogP contribution in [0, 0.1) is 0 Å². The highest BCUT2D eigenvalue weighted by Crippen LogP contribution is 2.22. The highest BCUT2D eigenvalue weighted by molar-refractivity contribution is 8.00. The summed E-state index contributed by atoms with van der Waals surface area (Å²) in [5.41, 5.74) is 0. The van der Waals surface area contributed by atoms with Gasteiger partial charge in [-0.15, -0.1) is 24.2 Å². The summed E-state index contributed by atoms with van der Waals surface area (Å²) < 4.78 is 5.15. The fourth-order valence-electron chi connectivity index (χ4n) is 1.58. The molecule has 0 bridgehead atoms. The number of methoxy groups -OCH3 is 1. The number of thioether (sulfide) groups is 1. The smallest absolute Gasteiger partial charge is 0.230 e. The van der Waals surface area contributed by atoms with Crippen molar-refractivity contribution in [3.8, 4) is 5.75 Å². The maximum atomic E-state index is 11.7. The van der Waals surface area contributed by atoms with Crippen molar-refractivity contribution in [2.24, 2.45) is 0 Å². The van der Waals surface area contributed by atoms with Crippen molar-refractivity contribution in [2.45, 2.75) is 24.8 Å². The van der Waals surface area contributed by atoms with Crippen LogP contribution < -0.4 is 15.4 Å². The van der Waals surface area contributed by atoms with Gasteiger partial charge in [-0.2, -0.15) is 0 Å². The fraction of sp³-hybridized carbons (Fsp3) is 0.500. The lowest BCUT2D eigenvalue weighted by molar-refractivity contribution is -0.118. The SMILES string of the molecule is CCN[C@H](C)CNC(=O)CSc1cccc(OC)c1.Cl. The number of carbonyl (C=O) groups excluding carboxylic acids is 1. The van der Waals surface area contributed by atoms with Crippen LogP contribution >= 0.6 is 24.2 Å². The average molecular weight is 319 g/mol. The third kappa shape index (κ3) is 7.62. The van der Waals surface area contributed by atoms with E-state index in [1.807, 2.05) is 24.3 Å². The van der Waals surface area contributed by atoms with Crippen LogP contribution in [0.1, 0.15) is 13.8 Å². The van der Waals surface area contributed by atoms with Crippen molar-refractivity contribution >= 4 is 30.1 Å². The van der Waals surface area contributed by atoms with Crippen LogP contribution in [0.2, 0.25) is 0 Å². The number of likely N-dealkylation sites (N-methyl/N-ethyl adjacent to an activating group) is 1. The van der Waals surface area contributed by atoms with Gasteiger partial charge < -0.3 is 15.4 Å². The number of amides is 1. The number of hydrogen-bond acceptors (Lipinski definition) is 4. The van der Waals surface area contributed by atoms with E-state index in [1.54, 1.807) is 7.11 Å². The predicted octanol–water partition coefficient (Wildman–Crippen LogP) is 2.32. The standard InChI is InChI=1S/C14H22N2O2S.ClH/c1-4-15-11(2)9-16-14(17)10-19-13-7-5-6-12(8-13)18-3;/h5-8,11,15H,4,9-10H2,1-3H3,(H,16,17);1H/t11-;/m1./s1. The molecule has 114 valence electrons. The summed E-state index contributed by atoms with van der Waals surface area (Å²) in [4.78, 5) is 12.7. The number of rotatable bonds is 8. The van der Waals surface area contributed by atoms with Gasteiger partial charge in [-0.1, -0.05) is 13.0 Å². The molecule has 0 aromatic heterocycles. The first-order valence-corrected chi connectivity index (χ1v) is 7.41. The van der Waals surface area contributed by atoms with Crippen molar-refractivity contribution < 1.29 is 9.53 Å². The summed E-state index contributed by atoms with van der Waals surface area (Å²) >= 11 is 1.51. The Hall–Kier alpha value is -0.910. The van der Waals surface area contributed by atoms with E-state index in [4.69, 9.17) is 4.74 Å². The van der Waals surface area contributed by atoms with Crippen LogP contribution in [-0.2, 0) is 4.79 Å². The van der Waals surface area contributed by atoms with Gasteiger partial charge >= 0.3 is 0 Å². The molecule has 0 radical (unpaired) electrons. The van der Waals surface area contributed by atoms with Crippen LogP contribution in [0.4, 0.5) is 0 Å². The predicted molar refractivity (Wildman–Crippen MR) is 87.1 cm³/mol. The van der Waals surface area contributed by atoms with E-state index in [-0.39, 0.29) is 18.3 Å². The molecule has 1 rings (SSSR count). The molecule has 0 aliphatic carbocycles. The monoisotopic (exact) mass is 318 g/mol. The van der Waals surface area contributed by atoms with Crippen molar-refractivity contribution in [2.75, 3.05) is 26.0 Å². The number of hydrogen-bond donors (Lipinski definition) is 2. The van der Waals surface area contributed by atoms with Gasteiger partial charge in [0.15, 0.2) is 0 Å². The number of halogens is 1. The molecule has 20 heavy (non-hydrogen) atoms. The summed E-state index contributed by atoms with van der Waals surface area (Å²) in [6, 6.07) is 8.02. The van der Waals surface area contributed by atoms with Gasteiger partial charge in [-0.25, -0.2) is 0 Å². The molecule has 0 saturated carbocycles. The van der Waals surface area contributed by atoms with Gasteiger partial charge in [-0.05, 0) is 31.7 Å². The topological polar surface area (TPSA) is 50.4 Å². The maximum Gasteiger partial charge on any atom is 0.230 e. The molecule has 0 unspecified atom stereocenters. The first kappa shape index (κ1) is 19.1. The van der Waals surface area contributed by atoms with Gasteiger partial charge in [0, 0.05) is 17.5 Å². The van der Waals surface area contributed by atoms with Crippen molar-refractivity contribution in [3.05, 3.63) is 24.3 Å². The molecule has 1 aromatic rings. The quantitative estimate of drug-likeness (QED) is 0.722. The van der Waals surface area contributed by atoms with Gasteiger partial charge in [0.25, 0.3) is 0 Å². The molecule has 1 aromatic carbocycles. The zero-order valence-corrected chi connectivity index (χ0v) is 13.8. The van der Waals surface area contributed by atoms with E-state index < -0.39 is 0 Å². The van der Waals surface area contributed by atoms with Gasteiger partial charge in [0.1, 0.15) is 5.75 Å². The van der Waals surface area contributed by atoms with Crippen LogP contribution in [0.3, 0.4) is 0 Å². The molecule has 2 N–H and O–H groups in total. The summed E-state index contributed by atoms with van der Waals surface area (Å²) in [6.07, 6.45) is 0. The average Bonchev–Trinajstić information content (AvgIpc) is 2.43. The van der Waals surface area contributed by atoms with Gasteiger partial charge in [-0.3, -0.25) is 4.79 Å². The maximum absolute atomic E-state index is 11.7. The van der Waals surface area contributed by atoms with E-state index in [9.17, 15) is 4.79 Å². The molecule has 0 fully saturated rings. The highest BCUT2D eigenvalue weighted by atomic mass is 35.5. The number of ether oxygens (including phenoxy) is 1. The Kier molecular flexibility index (Phi) is 10.3. The Morgan fingerprint density at radius 1 is 1.45 bits per heavy atom. The van der Waals surface area contributed by atoms with Crippen LogP contribution in [0.5, 0.6) is 5.75 Å². The Balaban J connectivity index is 0.00000361. The molecule has 0 aliphatic heterocycles. The Morgan fingerprint density at radius 3 is 2.85 bits per heavy atom. The van der Waals surface area contributed by atoms with E-state index in [0.29, 0.717) is 18.3 Å². The molecule has 1 atom stereocenters. The first-order valence-electron chi connectivity index (χ1n) is 6.42. The zero-order chi connectivity index (χ0) is 14.1. The van der Waals surface area contributed by atoms with Crippen molar-refractivity contribution in [3.63, 3.8) is 0 Å². The molecule has 0 aliphatic rings. The minimum absolute atomic E-state index is 0. The third-order valence-electron chi connectivity index (χ3n) is 2.57. The largest absolute Gasteiger partial charge is 0.497 e. The highest BCUT2D eigenvalue weighted by Gasteiger charge is 2.05. The normalized spacial score (nSPS) is 11.3. The lowest BCUT2D eigenvalue weighted by Gasteiger charge is -2.13. The molecule has 1 amide bonds. The third-order valence-corrected chi connectivity index (χ3v) is 3.56. The van der Waals surface area contributed by atoms with E-state index in [2.05, 4.69) is 24.5 Å². The zero-order valence-electron chi connectivity index (χ0n) is 12.1. The van der Waals surface area contributed by atoms with Crippen LogP contribution in [0.15, 0.2) is 29.2 Å². The molecule has 6 heteroatoms. The minimum Gasteiger partial charge on any atom is -0.497 e. The molecule has 0 spiro atoms. The van der Waals surface area contributed by atoms with Crippen LogP contribution in [-0.4, -0.2) is 37.9 Å². The molecule has 4 nitrogen and oxygen atoms in total. The van der Waals surface area contributed by atoms with Crippen LogP contribution in [0.25, 0.3) is 0 Å². The minimum atomic E-state index is 0. The summed E-state index contributed by atoms with van der Waals surface area (Å²) in [7, 11) is 1.64.